The van der Waals surface area contributed by atoms with Gasteiger partial charge in [-0.25, -0.2) is 8.19 Å². The molecule has 0 saturated carbocycles. The van der Waals surface area contributed by atoms with Gasteiger partial charge in [-0.1, -0.05) is 20.8 Å². The summed E-state index contributed by atoms with van der Waals surface area (Å²) in [6, 6.07) is 0. The largest absolute Gasteiger partial charge is 3.00 e. The second-order valence-electron chi connectivity index (χ2n) is 2.15. The normalized spacial score (nSPS) is 9.67. The van der Waals surface area contributed by atoms with Gasteiger partial charge in [0.1, 0.15) is 0 Å². The van der Waals surface area contributed by atoms with Crippen molar-refractivity contribution in [1.29, 1.82) is 0 Å². The Morgan fingerprint density at radius 2 is 2.11 bits per heavy atom. The molecule has 1 heterocycles. The summed E-state index contributed by atoms with van der Waals surface area (Å²) in [5.74, 6) is 2.25. The molecule has 0 unspecified atom stereocenters. The number of hydrogen-bond donors (Lipinski definition) is 0. The molecule has 0 nitrogen and oxygen atoms in total. The molecule has 0 fully saturated rings. The van der Waals surface area contributed by atoms with Crippen molar-refractivity contribution in [3.05, 3.63) is 22.2 Å². The maximum Gasteiger partial charge on any atom is 3.00 e. The van der Waals surface area contributed by atoms with Crippen molar-refractivity contribution < 1.29 is 28.7 Å². The van der Waals surface area contributed by atoms with Crippen molar-refractivity contribution in [2.45, 2.75) is 20.8 Å². The quantitative estimate of drug-likeness (QED) is 0.527. The van der Waals surface area contributed by atoms with Crippen molar-refractivity contribution in [1.82, 2.24) is 0 Å². The van der Waals surface area contributed by atoms with Gasteiger partial charge in [0.25, 0.3) is 0 Å². The topological polar surface area (TPSA) is 0 Å². The number of rotatable bonds is 0. The van der Waals surface area contributed by atoms with Crippen LogP contribution in [0.3, 0.4) is 0 Å². The fourth-order valence-electron chi connectivity index (χ4n) is 0.673. The minimum absolute atomic E-state index is 0. The zero-order chi connectivity index (χ0) is 6.15. The van der Waals surface area contributed by atoms with Crippen molar-refractivity contribution in [2.75, 3.05) is 0 Å². The molecule has 0 N–H and O–H groups in total. The summed E-state index contributed by atoms with van der Waals surface area (Å²) in [6.07, 6.45) is 0. The zero-order valence-corrected chi connectivity index (χ0v) is 8.80. The van der Waals surface area contributed by atoms with Gasteiger partial charge in [0.05, 0.1) is 0 Å². The van der Waals surface area contributed by atoms with Crippen molar-refractivity contribution in [3.8, 4) is 0 Å². The zero-order valence-electron chi connectivity index (χ0n) is 8.10. The Kier molecular flexibility index (Phi) is 4.00. The van der Waals surface area contributed by atoms with E-state index in [0.717, 1.165) is 0 Å². The van der Waals surface area contributed by atoms with Crippen LogP contribution in [-0.4, -0.2) is 0 Å². The average Bonchev–Trinajstić information content (AvgIpc) is 1.98. The number of aryl methyl sites for hydroxylation is 2. The Balaban J connectivity index is -0.000000213. The molecule has 0 atom stereocenters. The third kappa shape index (κ3) is 2.05. The van der Waals surface area contributed by atoms with Crippen molar-refractivity contribution in [3.63, 3.8) is 0 Å². The molecule has 1 aromatic rings. The van der Waals surface area contributed by atoms with E-state index < -0.39 is 0 Å². The van der Waals surface area contributed by atoms with E-state index in [1.54, 1.807) is 0 Å². The van der Waals surface area contributed by atoms with Crippen LogP contribution >= 0.6 is 8.19 Å². The monoisotopic (exact) mass is 172 g/mol. The van der Waals surface area contributed by atoms with E-state index in [9.17, 15) is 0 Å². The summed E-state index contributed by atoms with van der Waals surface area (Å²) in [5.41, 5.74) is 2.93. The van der Waals surface area contributed by atoms with Gasteiger partial charge in [-0.2, -0.15) is 16.9 Å². The minimum atomic E-state index is 0. The van der Waals surface area contributed by atoms with Gasteiger partial charge in [-0.3, -0.25) is 0 Å². The first-order valence-electron chi connectivity index (χ1n) is 2.77. The van der Waals surface area contributed by atoms with Gasteiger partial charge < -0.3 is 2.85 Å². The van der Waals surface area contributed by atoms with Crippen LogP contribution in [0.25, 0.3) is 0 Å². The minimum Gasteiger partial charge on any atom is -1.00 e. The number of hydrogen-bond acceptors (Lipinski definition) is 0. The molecule has 0 amide bonds. The third-order valence-corrected chi connectivity index (χ3v) is 2.83. The van der Waals surface area contributed by atoms with Crippen LogP contribution < -0.4 is 0 Å². The molecule has 2 heteroatoms. The Morgan fingerprint density at radius 1 is 1.56 bits per heavy atom. The second-order valence-corrected chi connectivity index (χ2v) is 3.34. The van der Waals surface area contributed by atoms with Gasteiger partial charge in [0.15, 0.2) is 0 Å². The van der Waals surface area contributed by atoms with E-state index >= 15 is 0 Å². The fraction of sp³-hybridized carbons (Fsp3) is 0.429. The van der Waals surface area contributed by atoms with Crippen LogP contribution in [0.4, 0.5) is 0 Å². The van der Waals surface area contributed by atoms with E-state index in [-0.39, 0.29) is 28.7 Å². The molecule has 0 aliphatic carbocycles. The van der Waals surface area contributed by atoms with Crippen LogP contribution in [0.1, 0.15) is 19.3 Å². The van der Waals surface area contributed by atoms with Crippen LogP contribution in [0.5, 0.6) is 0 Å². The summed E-state index contributed by atoms with van der Waals surface area (Å²) >= 11 is 0. The maximum atomic E-state index is 2.25. The summed E-state index contributed by atoms with van der Waals surface area (Å²) in [4.78, 5) is 0. The summed E-state index contributed by atoms with van der Waals surface area (Å²) < 4.78 is 0. The molecular formula is C7H12PSc. The standard InChI is InChI=1S/C7H10P.Sc.2H/c1-5-4-8-7(3)6(5)2;;;/h4H,1-3H3;;;/q-1;+3;2*-1. The predicted octanol–water partition coefficient (Wildman–Crippen LogP) is 3.13. The van der Waals surface area contributed by atoms with E-state index in [2.05, 4.69) is 26.6 Å². The summed E-state index contributed by atoms with van der Waals surface area (Å²) in [7, 11) is 1.40. The van der Waals surface area contributed by atoms with Crippen LogP contribution in [-0.2, 0) is 25.8 Å². The Labute approximate surface area is 79.9 Å². The first kappa shape index (κ1) is 9.65. The molecule has 0 aliphatic rings. The summed E-state index contributed by atoms with van der Waals surface area (Å²) in [5, 5.41) is 1.50. The Morgan fingerprint density at radius 3 is 2.22 bits per heavy atom. The molecule has 0 saturated heterocycles. The third-order valence-electron chi connectivity index (χ3n) is 1.59. The molecule has 48 valence electrons. The second kappa shape index (κ2) is 3.73. The Bertz CT molecular complexity index is 179. The summed E-state index contributed by atoms with van der Waals surface area (Å²) in [6.45, 7) is 6.53. The van der Waals surface area contributed by atoms with E-state index in [4.69, 9.17) is 0 Å². The predicted molar refractivity (Wildman–Crippen MR) is 41.0 cm³/mol. The van der Waals surface area contributed by atoms with Gasteiger partial charge in [0, 0.05) is 0 Å². The van der Waals surface area contributed by atoms with Crippen molar-refractivity contribution in [2.24, 2.45) is 0 Å². The average molecular weight is 172 g/mol. The molecule has 0 aliphatic heterocycles. The molecule has 0 aromatic carbocycles. The van der Waals surface area contributed by atoms with E-state index in [1.807, 2.05) is 0 Å². The molecule has 9 heavy (non-hydrogen) atoms. The first-order valence-corrected chi connectivity index (χ1v) is 3.73. The van der Waals surface area contributed by atoms with Gasteiger partial charge in [-0.15, -0.1) is 5.30 Å². The molecule has 1 aromatic heterocycles. The molecule has 0 bridgehead atoms. The van der Waals surface area contributed by atoms with Gasteiger partial charge >= 0.3 is 25.8 Å². The molecule has 0 radical (unpaired) electrons. The Hall–Kier alpha value is 0.650. The fourth-order valence-corrected chi connectivity index (χ4v) is 1.62. The van der Waals surface area contributed by atoms with Crippen molar-refractivity contribution >= 4 is 8.19 Å². The van der Waals surface area contributed by atoms with E-state index in [0.29, 0.717) is 0 Å². The smallest absolute Gasteiger partial charge is 1.00 e. The molecular weight excluding hydrogens is 160 g/mol. The maximum absolute atomic E-state index is 2.25. The first-order chi connectivity index (χ1) is 3.72. The van der Waals surface area contributed by atoms with Gasteiger partial charge in [-0.05, 0) is 0 Å². The van der Waals surface area contributed by atoms with Crippen LogP contribution in [0.2, 0.25) is 0 Å². The van der Waals surface area contributed by atoms with E-state index in [1.165, 1.54) is 24.6 Å². The van der Waals surface area contributed by atoms with Crippen LogP contribution in [0, 0.1) is 20.8 Å². The SMILES string of the molecule is Cc1cp[c-](C)c1C.[H-].[H-].[Sc+3]. The molecule has 0 spiro atoms. The van der Waals surface area contributed by atoms with Crippen LogP contribution in [0.15, 0.2) is 5.80 Å². The van der Waals surface area contributed by atoms with Gasteiger partial charge in [0.2, 0.25) is 0 Å². The molecule has 1 rings (SSSR count).